The van der Waals surface area contributed by atoms with Crippen LogP contribution in [0.15, 0.2) is 91.1 Å². The largest absolute Gasteiger partial charge is 0.255 e. The summed E-state index contributed by atoms with van der Waals surface area (Å²) in [6.07, 6.45) is 1.87. The van der Waals surface area contributed by atoms with E-state index in [2.05, 4.69) is 107 Å². The first-order chi connectivity index (χ1) is 17.4. The minimum atomic E-state index is -0.0505. The van der Waals surface area contributed by atoms with Gasteiger partial charge in [0, 0.05) is 33.7 Å². The Bertz CT molecular complexity index is 1570. The number of aromatic nitrogens is 3. The van der Waals surface area contributed by atoms with Crippen LogP contribution in [0.25, 0.3) is 45.2 Å². The number of hydrogen-bond donors (Lipinski definition) is 0. The molecule has 2 aromatic carbocycles. The van der Waals surface area contributed by atoms with Crippen LogP contribution in [0.5, 0.6) is 0 Å². The van der Waals surface area contributed by atoms with Gasteiger partial charge in [0.25, 0.3) is 0 Å². The average Bonchev–Trinajstić information content (AvgIpc) is 3.28. The summed E-state index contributed by atoms with van der Waals surface area (Å²) >= 11 is 0. The second kappa shape index (κ2) is 7.20. The van der Waals surface area contributed by atoms with Gasteiger partial charge in [-0.3, -0.25) is 4.98 Å². The third kappa shape index (κ3) is 2.83. The molecular weight excluding hydrogens is 438 g/mol. The van der Waals surface area contributed by atoms with Gasteiger partial charge in [0.15, 0.2) is 0 Å². The molecule has 0 aliphatic heterocycles. The van der Waals surface area contributed by atoms with E-state index >= 15 is 0 Å². The summed E-state index contributed by atoms with van der Waals surface area (Å²) in [6.45, 7) is 9.11. The van der Waals surface area contributed by atoms with Crippen molar-refractivity contribution in [3.63, 3.8) is 0 Å². The molecule has 3 heterocycles. The summed E-state index contributed by atoms with van der Waals surface area (Å²) in [5.74, 6) is 0. The number of hydrogen-bond acceptors (Lipinski definition) is 3. The van der Waals surface area contributed by atoms with Crippen molar-refractivity contribution in [1.82, 2.24) is 15.0 Å². The number of benzene rings is 2. The van der Waals surface area contributed by atoms with Gasteiger partial charge in [0.05, 0.1) is 28.5 Å². The zero-order valence-electron chi connectivity index (χ0n) is 21.0. The molecule has 0 fully saturated rings. The lowest BCUT2D eigenvalue weighted by Gasteiger charge is -2.21. The van der Waals surface area contributed by atoms with Crippen LogP contribution in [0.1, 0.15) is 49.9 Å². The molecule has 0 radical (unpaired) electrons. The van der Waals surface area contributed by atoms with Gasteiger partial charge < -0.3 is 0 Å². The van der Waals surface area contributed by atoms with Gasteiger partial charge in [-0.2, -0.15) is 0 Å². The highest BCUT2D eigenvalue weighted by Crippen LogP contribution is 2.49. The molecule has 0 saturated heterocycles. The third-order valence-corrected chi connectivity index (χ3v) is 8.17. The molecule has 0 atom stereocenters. The minimum Gasteiger partial charge on any atom is -0.255 e. The molecule has 5 aromatic rings. The van der Waals surface area contributed by atoms with Gasteiger partial charge in [0.2, 0.25) is 0 Å². The predicted octanol–water partition coefficient (Wildman–Crippen LogP) is 7.82. The van der Waals surface area contributed by atoms with Crippen LogP contribution >= 0.6 is 0 Å². The van der Waals surface area contributed by atoms with E-state index in [-0.39, 0.29) is 10.8 Å². The zero-order valence-corrected chi connectivity index (χ0v) is 21.0. The van der Waals surface area contributed by atoms with E-state index in [1.54, 1.807) is 0 Å². The molecule has 3 nitrogen and oxygen atoms in total. The molecule has 0 unspecified atom stereocenters. The molecule has 3 aromatic heterocycles. The minimum absolute atomic E-state index is 0.0424. The van der Waals surface area contributed by atoms with E-state index in [0.29, 0.717) is 0 Å². The number of fused-ring (bicyclic) bond motifs is 6. The monoisotopic (exact) mass is 465 g/mol. The maximum atomic E-state index is 5.15. The lowest BCUT2D eigenvalue weighted by molar-refractivity contribution is 0.659. The summed E-state index contributed by atoms with van der Waals surface area (Å²) in [5.41, 5.74) is 13.5. The maximum absolute atomic E-state index is 5.15. The molecule has 7 rings (SSSR count). The van der Waals surface area contributed by atoms with Gasteiger partial charge in [-0.25, -0.2) is 9.97 Å². The lowest BCUT2D eigenvalue weighted by atomic mass is 9.83. The van der Waals surface area contributed by atoms with E-state index in [1.165, 1.54) is 33.4 Å². The Balaban J connectivity index is 1.32. The summed E-state index contributed by atoms with van der Waals surface area (Å²) in [5, 5.41) is 0. The quantitative estimate of drug-likeness (QED) is 0.267. The highest BCUT2D eigenvalue weighted by atomic mass is 14.8. The normalized spacial score (nSPS) is 15.7. The molecule has 0 N–H and O–H groups in total. The standard InChI is InChI=1S/C33H27N3/c1-32(2)23-11-7-5-9-21(23)30-25(32)13-15-27(35-30)20-17-18-34-29(19-20)28-16-14-26-31(36-28)22-10-6-8-12-24(22)33(26,3)4/h5-19H,1-4H3. The number of nitrogens with zero attached hydrogens (tertiary/aromatic N) is 3. The van der Waals surface area contributed by atoms with Crippen molar-refractivity contribution in [2.45, 2.75) is 38.5 Å². The van der Waals surface area contributed by atoms with Crippen LogP contribution in [-0.2, 0) is 10.8 Å². The van der Waals surface area contributed by atoms with Crippen molar-refractivity contribution in [2.24, 2.45) is 0 Å². The molecule has 3 heteroatoms. The molecular formula is C33H27N3. The van der Waals surface area contributed by atoms with Crippen molar-refractivity contribution < 1.29 is 0 Å². The second-order valence-electron chi connectivity index (χ2n) is 11.0. The highest BCUT2D eigenvalue weighted by Gasteiger charge is 2.37. The Labute approximate surface area is 211 Å². The SMILES string of the molecule is CC1(C)c2ccccc2-c2nc(-c3ccnc(-c4ccc5c(n4)-c4ccccc4C5(C)C)c3)ccc21. The summed E-state index contributed by atoms with van der Waals surface area (Å²) in [6, 6.07) is 30.1. The van der Waals surface area contributed by atoms with E-state index in [0.717, 1.165) is 34.0 Å². The van der Waals surface area contributed by atoms with Crippen LogP contribution in [0.3, 0.4) is 0 Å². The van der Waals surface area contributed by atoms with Crippen LogP contribution < -0.4 is 0 Å². The number of pyridine rings is 3. The Morgan fingerprint density at radius 3 is 1.64 bits per heavy atom. The Hall–Kier alpha value is -4.11. The van der Waals surface area contributed by atoms with Gasteiger partial charge >= 0.3 is 0 Å². The molecule has 174 valence electrons. The first-order valence-electron chi connectivity index (χ1n) is 12.6. The topological polar surface area (TPSA) is 38.7 Å². The first kappa shape index (κ1) is 21.2. The molecule has 36 heavy (non-hydrogen) atoms. The lowest BCUT2D eigenvalue weighted by Crippen LogP contribution is -2.15. The maximum Gasteiger partial charge on any atom is 0.0894 e. The van der Waals surface area contributed by atoms with Crippen molar-refractivity contribution in [1.29, 1.82) is 0 Å². The van der Waals surface area contributed by atoms with Crippen molar-refractivity contribution >= 4 is 0 Å². The highest BCUT2D eigenvalue weighted by molar-refractivity contribution is 5.81. The second-order valence-corrected chi connectivity index (χ2v) is 11.0. The van der Waals surface area contributed by atoms with Crippen LogP contribution in [0, 0.1) is 0 Å². The van der Waals surface area contributed by atoms with Crippen molar-refractivity contribution in [3.05, 3.63) is 113 Å². The van der Waals surface area contributed by atoms with E-state index in [4.69, 9.17) is 15.0 Å². The summed E-state index contributed by atoms with van der Waals surface area (Å²) in [7, 11) is 0. The van der Waals surface area contributed by atoms with Gasteiger partial charge in [-0.15, -0.1) is 0 Å². The van der Waals surface area contributed by atoms with Gasteiger partial charge in [-0.05, 0) is 46.5 Å². The van der Waals surface area contributed by atoms with Crippen LogP contribution in [0.4, 0.5) is 0 Å². The van der Waals surface area contributed by atoms with Gasteiger partial charge in [-0.1, -0.05) is 88.4 Å². The molecule has 0 saturated carbocycles. The fraction of sp³-hybridized carbons (Fsp3) is 0.182. The first-order valence-corrected chi connectivity index (χ1v) is 12.6. The zero-order chi connectivity index (χ0) is 24.7. The fourth-order valence-corrected chi connectivity index (χ4v) is 6.13. The Morgan fingerprint density at radius 1 is 0.500 bits per heavy atom. The number of rotatable bonds is 2. The van der Waals surface area contributed by atoms with Gasteiger partial charge in [0.1, 0.15) is 0 Å². The molecule has 0 amide bonds. The van der Waals surface area contributed by atoms with Crippen LogP contribution in [-0.4, -0.2) is 15.0 Å². The van der Waals surface area contributed by atoms with Crippen LogP contribution in [0.2, 0.25) is 0 Å². The summed E-state index contributed by atoms with van der Waals surface area (Å²) in [4.78, 5) is 15.0. The fourth-order valence-electron chi connectivity index (χ4n) is 6.13. The third-order valence-electron chi connectivity index (χ3n) is 8.17. The van der Waals surface area contributed by atoms with Crippen molar-refractivity contribution in [2.75, 3.05) is 0 Å². The summed E-state index contributed by atoms with van der Waals surface area (Å²) < 4.78 is 0. The van der Waals surface area contributed by atoms with E-state index in [9.17, 15) is 0 Å². The molecule has 2 aliphatic carbocycles. The molecule has 0 spiro atoms. The Kier molecular flexibility index (Phi) is 4.24. The molecule has 2 aliphatic rings. The molecule has 0 bridgehead atoms. The van der Waals surface area contributed by atoms with Crippen molar-refractivity contribution in [3.8, 4) is 45.2 Å². The predicted molar refractivity (Wildman–Crippen MR) is 146 cm³/mol. The van der Waals surface area contributed by atoms with E-state index in [1.807, 2.05) is 12.3 Å². The average molecular weight is 466 g/mol. The van der Waals surface area contributed by atoms with E-state index < -0.39 is 0 Å². The smallest absolute Gasteiger partial charge is 0.0894 e. The Morgan fingerprint density at radius 2 is 1.03 bits per heavy atom.